The van der Waals surface area contributed by atoms with Crippen LogP contribution in [0.25, 0.3) is 5.57 Å². The standard InChI is InChI=1S/C15H20O2/c1-3-5-9-14(12-15(16)17-4-2)13-10-7-6-8-11-13/h6-8,10-12H,3-5,9H2,1-2H3/b14-12-. The molecule has 0 aliphatic heterocycles. The number of hydrogen-bond acceptors (Lipinski definition) is 2. The van der Waals surface area contributed by atoms with E-state index in [1.807, 2.05) is 37.3 Å². The molecule has 0 N–H and O–H groups in total. The molecule has 0 amide bonds. The average Bonchev–Trinajstić information content (AvgIpc) is 2.36. The van der Waals surface area contributed by atoms with Gasteiger partial charge < -0.3 is 4.74 Å². The molecule has 1 aromatic rings. The summed E-state index contributed by atoms with van der Waals surface area (Å²) in [6.45, 7) is 4.39. The number of hydrogen-bond donors (Lipinski definition) is 0. The number of ether oxygens (including phenoxy) is 1. The predicted octanol–water partition coefficient (Wildman–Crippen LogP) is 3.82. The fourth-order valence-electron chi connectivity index (χ4n) is 1.65. The number of benzene rings is 1. The van der Waals surface area contributed by atoms with Gasteiger partial charge in [-0.1, -0.05) is 43.7 Å². The molecule has 0 aromatic heterocycles. The molecule has 0 saturated carbocycles. The third-order valence-corrected chi connectivity index (χ3v) is 2.52. The molecule has 0 aliphatic rings. The van der Waals surface area contributed by atoms with Gasteiger partial charge in [-0.3, -0.25) is 0 Å². The van der Waals surface area contributed by atoms with Crippen molar-refractivity contribution in [1.82, 2.24) is 0 Å². The molecule has 0 spiro atoms. The molecule has 0 atom stereocenters. The summed E-state index contributed by atoms with van der Waals surface area (Å²) in [6, 6.07) is 10.0. The first-order valence-corrected chi connectivity index (χ1v) is 6.20. The van der Waals surface area contributed by atoms with Gasteiger partial charge in [0.1, 0.15) is 0 Å². The van der Waals surface area contributed by atoms with Crippen molar-refractivity contribution in [1.29, 1.82) is 0 Å². The molecule has 0 unspecified atom stereocenters. The van der Waals surface area contributed by atoms with Crippen LogP contribution in [0.15, 0.2) is 36.4 Å². The lowest BCUT2D eigenvalue weighted by Gasteiger charge is -2.07. The van der Waals surface area contributed by atoms with Crippen LogP contribution in [-0.2, 0) is 9.53 Å². The molecule has 0 fully saturated rings. The maximum Gasteiger partial charge on any atom is 0.331 e. The Morgan fingerprint density at radius 2 is 1.94 bits per heavy atom. The number of unbranched alkanes of at least 4 members (excludes halogenated alkanes) is 1. The summed E-state index contributed by atoms with van der Waals surface area (Å²) < 4.78 is 4.96. The fraction of sp³-hybridized carbons (Fsp3) is 0.400. The highest BCUT2D eigenvalue weighted by molar-refractivity contribution is 5.91. The van der Waals surface area contributed by atoms with Gasteiger partial charge in [0.15, 0.2) is 0 Å². The highest BCUT2D eigenvalue weighted by Gasteiger charge is 2.04. The minimum atomic E-state index is -0.248. The van der Waals surface area contributed by atoms with Crippen molar-refractivity contribution in [3.63, 3.8) is 0 Å². The number of rotatable bonds is 6. The first-order chi connectivity index (χ1) is 8.27. The molecule has 1 rings (SSSR count). The summed E-state index contributed by atoms with van der Waals surface area (Å²) in [5.74, 6) is -0.248. The smallest absolute Gasteiger partial charge is 0.331 e. The molecule has 2 heteroatoms. The third kappa shape index (κ3) is 4.85. The van der Waals surface area contributed by atoms with E-state index in [-0.39, 0.29) is 5.97 Å². The summed E-state index contributed by atoms with van der Waals surface area (Å²) in [5, 5.41) is 0. The lowest BCUT2D eigenvalue weighted by Crippen LogP contribution is -2.01. The Kier molecular flexibility index (Phi) is 6.08. The predicted molar refractivity (Wildman–Crippen MR) is 70.6 cm³/mol. The summed E-state index contributed by atoms with van der Waals surface area (Å²) >= 11 is 0. The van der Waals surface area contributed by atoms with E-state index in [9.17, 15) is 4.79 Å². The Balaban J connectivity index is 2.84. The number of allylic oxidation sites excluding steroid dienone is 1. The van der Waals surface area contributed by atoms with Crippen LogP contribution in [0.2, 0.25) is 0 Å². The fourth-order valence-corrected chi connectivity index (χ4v) is 1.65. The molecule has 17 heavy (non-hydrogen) atoms. The van der Waals surface area contributed by atoms with Crippen LogP contribution in [0.5, 0.6) is 0 Å². The number of esters is 1. The van der Waals surface area contributed by atoms with Gasteiger partial charge in [0, 0.05) is 6.08 Å². The van der Waals surface area contributed by atoms with E-state index >= 15 is 0 Å². The van der Waals surface area contributed by atoms with Crippen molar-refractivity contribution in [2.75, 3.05) is 6.61 Å². The maximum atomic E-state index is 11.5. The minimum Gasteiger partial charge on any atom is -0.463 e. The van der Waals surface area contributed by atoms with E-state index in [0.29, 0.717) is 6.61 Å². The molecule has 0 saturated heterocycles. The van der Waals surface area contributed by atoms with Gasteiger partial charge in [0.2, 0.25) is 0 Å². The van der Waals surface area contributed by atoms with Crippen molar-refractivity contribution >= 4 is 11.5 Å². The van der Waals surface area contributed by atoms with Crippen molar-refractivity contribution < 1.29 is 9.53 Å². The van der Waals surface area contributed by atoms with Gasteiger partial charge in [0.25, 0.3) is 0 Å². The quantitative estimate of drug-likeness (QED) is 0.550. The van der Waals surface area contributed by atoms with Crippen molar-refractivity contribution in [2.24, 2.45) is 0 Å². The van der Waals surface area contributed by atoms with Gasteiger partial charge in [-0.25, -0.2) is 4.79 Å². The SMILES string of the molecule is CCCC/C(=C/C(=O)OCC)c1ccccc1. The largest absolute Gasteiger partial charge is 0.463 e. The van der Waals surface area contributed by atoms with Crippen LogP contribution >= 0.6 is 0 Å². The van der Waals surface area contributed by atoms with Crippen LogP contribution in [0, 0.1) is 0 Å². The van der Waals surface area contributed by atoms with Gasteiger partial charge in [-0.05, 0) is 30.9 Å². The van der Waals surface area contributed by atoms with Crippen LogP contribution in [0.4, 0.5) is 0 Å². The second-order valence-corrected chi connectivity index (χ2v) is 3.89. The van der Waals surface area contributed by atoms with E-state index in [0.717, 1.165) is 30.4 Å². The zero-order chi connectivity index (χ0) is 12.5. The van der Waals surface area contributed by atoms with Gasteiger partial charge in [-0.2, -0.15) is 0 Å². The highest BCUT2D eigenvalue weighted by atomic mass is 16.5. The van der Waals surface area contributed by atoms with Crippen LogP contribution < -0.4 is 0 Å². The zero-order valence-corrected chi connectivity index (χ0v) is 10.6. The second-order valence-electron chi connectivity index (χ2n) is 3.89. The summed E-state index contributed by atoms with van der Waals surface area (Å²) in [4.78, 5) is 11.5. The van der Waals surface area contributed by atoms with E-state index in [1.165, 1.54) is 0 Å². The molecular weight excluding hydrogens is 212 g/mol. The van der Waals surface area contributed by atoms with Gasteiger partial charge >= 0.3 is 5.97 Å². The minimum absolute atomic E-state index is 0.248. The van der Waals surface area contributed by atoms with E-state index in [4.69, 9.17) is 4.74 Å². The Morgan fingerprint density at radius 3 is 2.53 bits per heavy atom. The van der Waals surface area contributed by atoms with Gasteiger partial charge in [-0.15, -0.1) is 0 Å². The van der Waals surface area contributed by atoms with Crippen LogP contribution in [-0.4, -0.2) is 12.6 Å². The molecule has 0 radical (unpaired) electrons. The van der Waals surface area contributed by atoms with E-state index < -0.39 is 0 Å². The molecule has 92 valence electrons. The highest BCUT2D eigenvalue weighted by Crippen LogP contribution is 2.20. The first-order valence-electron chi connectivity index (χ1n) is 6.20. The topological polar surface area (TPSA) is 26.3 Å². The monoisotopic (exact) mass is 232 g/mol. The van der Waals surface area contributed by atoms with Crippen molar-refractivity contribution in [3.8, 4) is 0 Å². The molecule has 2 nitrogen and oxygen atoms in total. The lowest BCUT2D eigenvalue weighted by atomic mass is 10.00. The molecule has 0 heterocycles. The zero-order valence-electron chi connectivity index (χ0n) is 10.6. The Labute approximate surface area is 103 Å². The third-order valence-electron chi connectivity index (χ3n) is 2.52. The molecule has 0 aliphatic carbocycles. The Morgan fingerprint density at radius 1 is 1.24 bits per heavy atom. The van der Waals surface area contributed by atoms with Gasteiger partial charge in [0.05, 0.1) is 6.61 Å². The number of carbonyl (C=O) groups is 1. The first kappa shape index (κ1) is 13.5. The Hall–Kier alpha value is -1.57. The summed E-state index contributed by atoms with van der Waals surface area (Å²) in [6.07, 6.45) is 4.74. The molecular formula is C15H20O2. The normalized spacial score (nSPS) is 11.3. The second kappa shape index (κ2) is 7.66. The average molecular weight is 232 g/mol. The van der Waals surface area contributed by atoms with Crippen LogP contribution in [0.3, 0.4) is 0 Å². The van der Waals surface area contributed by atoms with Crippen LogP contribution in [0.1, 0.15) is 38.7 Å². The van der Waals surface area contributed by atoms with E-state index in [1.54, 1.807) is 6.08 Å². The number of carbonyl (C=O) groups excluding carboxylic acids is 1. The Bertz CT molecular complexity index is 366. The molecule has 0 bridgehead atoms. The lowest BCUT2D eigenvalue weighted by molar-refractivity contribution is -0.137. The summed E-state index contributed by atoms with van der Waals surface area (Å²) in [5.41, 5.74) is 2.17. The summed E-state index contributed by atoms with van der Waals surface area (Å²) in [7, 11) is 0. The van der Waals surface area contributed by atoms with Crippen molar-refractivity contribution in [3.05, 3.63) is 42.0 Å². The maximum absolute atomic E-state index is 11.5. The molecule has 1 aromatic carbocycles. The van der Waals surface area contributed by atoms with E-state index in [2.05, 4.69) is 6.92 Å². The van der Waals surface area contributed by atoms with Crippen molar-refractivity contribution in [2.45, 2.75) is 33.1 Å².